The molecule has 0 fully saturated rings. The number of rotatable bonds is 11. The lowest BCUT2D eigenvalue weighted by Crippen LogP contribution is -2.44. The Labute approximate surface area is 198 Å². The maximum absolute atomic E-state index is 13.1. The molecule has 0 saturated carbocycles. The molecule has 2 aromatic rings. The minimum atomic E-state index is -0.950. The molecule has 0 aliphatic rings. The lowest BCUT2D eigenvalue weighted by molar-refractivity contribution is -0.137. The fraction of sp³-hybridized carbons (Fsp3) is 0.429. The number of amides is 1. The van der Waals surface area contributed by atoms with Crippen molar-refractivity contribution >= 4 is 11.9 Å². The number of hydrogen-bond donors (Lipinski definition) is 3. The predicted octanol–water partition coefficient (Wildman–Crippen LogP) is 5.84. The number of benzene rings is 2. The third-order valence-corrected chi connectivity index (χ3v) is 5.76. The first-order chi connectivity index (χ1) is 15.6. The molecule has 0 spiro atoms. The summed E-state index contributed by atoms with van der Waals surface area (Å²) in [5, 5.41) is 15.7. The Morgan fingerprint density at radius 2 is 1.70 bits per heavy atom. The normalized spacial score (nSPS) is 13.2. The van der Waals surface area contributed by atoms with Crippen LogP contribution in [-0.4, -0.2) is 23.0 Å². The molecule has 2 aromatic carbocycles. The highest BCUT2D eigenvalue weighted by Gasteiger charge is 2.24. The first kappa shape index (κ1) is 26.2. The van der Waals surface area contributed by atoms with Crippen LogP contribution >= 0.6 is 0 Å². The van der Waals surface area contributed by atoms with Crippen LogP contribution in [0, 0.1) is 26.7 Å². The quantitative estimate of drug-likeness (QED) is 0.402. The van der Waals surface area contributed by atoms with Gasteiger partial charge in [-0.25, -0.2) is 0 Å². The van der Waals surface area contributed by atoms with Crippen LogP contribution < -0.4 is 10.6 Å². The summed E-state index contributed by atoms with van der Waals surface area (Å²) in [5.41, 5.74) is 6.52. The second kappa shape index (κ2) is 12.2. The Balaban J connectivity index is 2.36. The molecule has 1 amide bonds. The molecule has 0 aliphatic carbocycles. The minimum absolute atomic E-state index is 0.179. The largest absolute Gasteiger partial charge is 0.481 e. The van der Waals surface area contributed by atoms with Gasteiger partial charge in [-0.3, -0.25) is 9.59 Å². The topological polar surface area (TPSA) is 78.4 Å². The maximum Gasteiger partial charge on any atom is 0.305 e. The number of aliphatic carboxylic acids is 1. The average Bonchev–Trinajstić information content (AvgIpc) is 2.72. The SMILES string of the molecule is C/C=C\NC(CCC(C)C)C(=O)N[C@@H](CC(=O)O)c1cccc(-c2c(C)cc(C)cc2C)c1. The van der Waals surface area contributed by atoms with Crippen molar-refractivity contribution in [3.63, 3.8) is 0 Å². The molecule has 33 heavy (non-hydrogen) atoms. The summed E-state index contributed by atoms with van der Waals surface area (Å²) in [7, 11) is 0. The molecule has 178 valence electrons. The van der Waals surface area contributed by atoms with Gasteiger partial charge in [-0.05, 0) is 86.5 Å². The van der Waals surface area contributed by atoms with Crippen LogP contribution in [0.25, 0.3) is 11.1 Å². The van der Waals surface area contributed by atoms with Crippen molar-refractivity contribution in [2.24, 2.45) is 5.92 Å². The third kappa shape index (κ3) is 7.77. The molecular formula is C28H38N2O3. The van der Waals surface area contributed by atoms with Gasteiger partial charge in [0.25, 0.3) is 0 Å². The summed E-state index contributed by atoms with van der Waals surface area (Å²) in [5.74, 6) is -0.665. The highest BCUT2D eigenvalue weighted by atomic mass is 16.4. The first-order valence-corrected chi connectivity index (χ1v) is 11.7. The average molecular weight is 451 g/mol. The number of carboxylic acid groups (broad SMARTS) is 1. The van der Waals surface area contributed by atoms with Crippen molar-refractivity contribution in [2.45, 2.75) is 72.9 Å². The second-order valence-electron chi connectivity index (χ2n) is 9.25. The molecule has 0 bridgehead atoms. The van der Waals surface area contributed by atoms with Crippen molar-refractivity contribution in [2.75, 3.05) is 0 Å². The van der Waals surface area contributed by atoms with Crippen LogP contribution in [0.4, 0.5) is 0 Å². The van der Waals surface area contributed by atoms with Crippen LogP contribution in [0.1, 0.15) is 68.3 Å². The summed E-state index contributed by atoms with van der Waals surface area (Å²) in [6, 6.07) is 11.1. The molecular weight excluding hydrogens is 412 g/mol. The number of aryl methyl sites for hydroxylation is 3. The number of carbonyl (C=O) groups is 2. The van der Waals surface area contributed by atoms with Crippen LogP contribution in [0.2, 0.25) is 0 Å². The third-order valence-electron chi connectivity index (χ3n) is 5.76. The molecule has 5 heteroatoms. The Hall–Kier alpha value is -3.08. The fourth-order valence-corrected chi connectivity index (χ4v) is 4.25. The maximum atomic E-state index is 13.1. The zero-order valence-corrected chi connectivity index (χ0v) is 20.7. The van der Waals surface area contributed by atoms with E-state index < -0.39 is 18.1 Å². The smallest absolute Gasteiger partial charge is 0.305 e. The van der Waals surface area contributed by atoms with Gasteiger partial charge in [0.2, 0.25) is 5.91 Å². The Morgan fingerprint density at radius 3 is 2.27 bits per heavy atom. The second-order valence-corrected chi connectivity index (χ2v) is 9.25. The van der Waals surface area contributed by atoms with E-state index in [1.54, 1.807) is 6.20 Å². The summed E-state index contributed by atoms with van der Waals surface area (Å²) >= 11 is 0. The van der Waals surface area contributed by atoms with E-state index in [0.29, 0.717) is 12.3 Å². The molecule has 5 nitrogen and oxygen atoms in total. The highest BCUT2D eigenvalue weighted by molar-refractivity contribution is 5.83. The summed E-state index contributed by atoms with van der Waals surface area (Å²) in [6.45, 7) is 12.4. The van der Waals surface area contributed by atoms with Crippen molar-refractivity contribution < 1.29 is 14.7 Å². The van der Waals surface area contributed by atoms with Gasteiger partial charge in [-0.1, -0.05) is 55.8 Å². The van der Waals surface area contributed by atoms with Crippen LogP contribution in [0.15, 0.2) is 48.7 Å². The fourth-order valence-electron chi connectivity index (χ4n) is 4.25. The van der Waals surface area contributed by atoms with Crippen LogP contribution in [0.3, 0.4) is 0 Å². The van der Waals surface area contributed by atoms with E-state index in [1.165, 1.54) is 16.7 Å². The summed E-state index contributed by atoms with van der Waals surface area (Å²) in [4.78, 5) is 24.8. The van der Waals surface area contributed by atoms with Gasteiger partial charge in [-0.2, -0.15) is 0 Å². The van der Waals surface area contributed by atoms with E-state index >= 15 is 0 Å². The van der Waals surface area contributed by atoms with E-state index in [0.717, 1.165) is 23.1 Å². The van der Waals surface area contributed by atoms with Gasteiger partial charge in [0.05, 0.1) is 12.5 Å². The lowest BCUT2D eigenvalue weighted by Gasteiger charge is -2.24. The molecule has 0 saturated heterocycles. The van der Waals surface area contributed by atoms with E-state index in [4.69, 9.17) is 0 Å². The number of allylic oxidation sites excluding steroid dienone is 1. The molecule has 3 N–H and O–H groups in total. The molecule has 0 heterocycles. The zero-order chi connectivity index (χ0) is 24.5. The monoisotopic (exact) mass is 450 g/mol. The zero-order valence-electron chi connectivity index (χ0n) is 20.7. The summed E-state index contributed by atoms with van der Waals surface area (Å²) in [6.07, 6.45) is 5.01. The van der Waals surface area contributed by atoms with Gasteiger partial charge in [0.1, 0.15) is 6.04 Å². The van der Waals surface area contributed by atoms with E-state index in [1.807, 2.05) is 37.3 Å². The number of nitrogens with one attached hydrogen (secondary N) is 2. The number of carbonyl (C=O) groups excluding carboxylic acids is 1. The van der Waals surface area contributed by atoms with Crippen molar-refractivity contribution in [1.82, 2.24) is 10.6 Å². The number of carboxylic acids is 1. The minimum Gasteiger partial charge on any atom is -0.481 e. The number of hydrogen-bond acceptors (Lipinski definition) is 3. The van der Waals surface area contributed by atoms with Crippen LogP contribution in [-0.2, 0) is 9.59 Å². The Bertz CT molecular complexity index is 971. The highest BCUT2D eigenvalue weighted by Crippen LogP contribution is 2.31. The van der Waals surface area contributed by atoms with Crippen molar-refractivity contribution in [3.8, 4) is 11.1 Å². The van der Waals surface area contributed by atoms with E-state index in [2.05, 4.69) is 57.4 Å². The first-order valence-electron chi connectivity index (χ1n) is 11.7. The Morgan fingerprint density at radius 1 is 1.03 bits per heavy atom. The van der Waals surface area contributed by atoms with E-state index in [-0.39, 0.29) is 12.3 Å². The van der Waals surface area contributed by atoms with E-state index in [9.17, 15) is 14.7 Å². The van der Waals surface area contributed by atoms with Crippen LogP contribution in [0.5, 0.6) is 0 Å². The molecule has 0 radical (unpaired) electrons. The van der Waals surface area contributed by atoms with Gasteiger partial charge >= 0.3 is 5.97 Å². The van der Waals surface area contributed by atoms with Gasteiger partial charge in [0, 0.05) is 0 Å². The van der Waals surface area contributed by atoms with Gasteiger partial charge < -0.3 is 15.7 Å². The van der Waals surface area contributed by atoms with Crippen molar-refractivity contribution in [3.05, 3.63) is 70.9 Å². The molecule has 2 rings (SSSR count). The summed E-state index contributed by atoms with van der Waals surface area (Å²) < 4.78 is 0. The molecule has 0 aliphatic heterocycles. The standard InChI is InChI=1S/C28H38N2O3/c1-7-13-29-24(12-11-18(2)3)28(33)30-25(17-26(31)32)22-9-8-10-23(16-22)27-20(5)14-19(4)15-21(27)6/h7-10,13-16,18,24-25,29H,11-12,17H2,1-6H3,(H,30,33)(H,31,32)/b13-7-/t24?,25-/m0/s1. The molecule has 0 aromatic heterocycles. The lowest BCUT2D eigenvalue weighted by atomic mass is 9.91. The Kier molecular flexibility index (Phi) is 9.71. The van der Waals surface area contributed by atoms with Crippen molar-refractivity contribution in [1.29, 1.82) is 0 Å². The molecule has 2 atom stereocenters. The molecule has 1 unspecified atom stereocenters. The van der Waals surface area contributed by atoms with Gasteiger partial charge in [0.15, 0.2) is 0 Å². The predicted molar refractivity (Wildman–Crippen MR) is 135 cm³/mol. The van der Waals surface area contributed by atoms with Gasteiger partial charge in [-0.15, -0.1) is 0 Å².